The Morgan fingerprint density at radius 3 is 0.807 bits per heavy atom. The van der Waals surface area contributed by atoms with E-state index in [0.717, 1.165) is 169 Å². The lowest BCUT2D eigenvalue weighted by molar-refractivity contribution is 0.139. The third-order valence-electron chi connectivity index (χ3n) is 15.2. The lowest BCUT2D eigenvalue weighted by atomic mass is 10.1. The second-order valence-electron chi connectivity index (χ2n) is 26.1. The molecule has 0 N–H and O–H groups in total. The molecule has 0 aromatic heterocycles. The van der Waals surface area contributed by atoms with Crippen molar-refractivity contribution < 1.29 is 66.0 Å². The maximum absolute atomic E-state index is 14.8. The van der Waals surface area contributed by atoms with Gasteiger partial charge in [-0.3, -0.25) is 0 Å². The maximum atomic E-state index is 14.8. The zero-order valence-corrected chi connectivity index (χ0v) is 81.3. The molecule has 4 aromatic rings. The van der Waals surface area contributed by atoms with Crippen LogP contribution in [0.25, 0.3) is 0 Å². The summed E-state index contributed by atoms with van der Waals surface area (Å²) in [6.07, 6.45) is 28.2. The van der Waals surface area contributed by atoms with Gasteiger partial charge in [-0.25, -0.2) is 8.78 Å². The molecule has 0 saturated heterocycles. The molecule has 114 heavy (non-hydrogen) atoms. The monoisotopic (exact) mass is 2050 g/mol. The van der Waals surface area contributed by atoms with Crippen molar-refractivity contribution >= 4 is 203 Å². The van der Waals surface area contributed by atoms with Crippen LogP contribution in [0, 0.1) is 25.5 Å². The number of benzene rings is 4. The number of oxime groups is 4. The molecule has 0 fully saturated rings. The zero-order chi connectivity index (χ0) is 85.2. The fourth-order valence-corrected chi connectivity index (χ4v) is 12.1. The van der Waals surface area contributed by atoms with E-state index in [-0.39, 0.29) is 66.2 Å². The van der Waals surface area contributed by atoms with Gasteiger partial charge >= 0.3 is 0 Å². The van der Waals surface area contributed by atoms with Gasteiger partial charge in [-0.15, -0.1) is 0 Å². The molecule has 32 heteroatoms. The lowest BCUT2D eigenvalue weighted by Crippen LogP contribution is -2.06. The highest BCUT2D eigenvalue weighted by Crippen LogP contribution is 2.46. The lowest BCUT2D eigenvalue weighted by Gasteiger charge is -2.17. The standard InChI is InChI=1S/C22H32Br2FNO3.C22H32Cl2FNO3.C19H24Br2Cl3NO3.C19H24Cl5NO3/c2*1-5-18-21(25)19(27-14-11-20(23)24)15-17(4)22(18)28-12-9-7-6-8-10-13-29-26-16(2)3;1-13(2)25-28-10-7-5-3-4-6-9-27-19-14(22)12-15(17(23)18(19)24)26-11-8-16(20)21;1-13(2)25-28-10-7-5-3-4-6-9-27-19-14(20)12-15(17(23)18(19)24)26-11-8-16(21)22/h2*11,15H,5-10,12-14H2,1-4H3;2*8,12H,3-7,9-11H2,1-2H3. The quantitative estimate of drug-likeness (QED) is 0.0178. The molecule has 0 saturated carbocycles. The summed E-state index contributed by atoms with van der Waals surface area (Å²) in [5, 5.41) is 17.3. The second-order valence-corrected chi connectivity index (χ2v) is 36.0. The molecule has 0 spiro atoms. The van der Waals surface area contributed by atoms with E-state index in [9.17, 15) is 8.78 Å². The molecule has 0 heterocycles. The zero-order valence-electron chi connectivity index (χ0n) is 67.4. The minimum absolute atomic E-state index is 0.0925. The topological polar surface area (TPSA) is 160 Å². The van der Waals surface area contributed by atoms with Crippen LogP contribution in [-0.4, -0.2) is 102 Å². The smallest absolute Gasteiger partial charge is 0.171 e. The van der Waals surface area contributed by atoms with Crippen LogP contribution < -0.4 is 37.9 Å². The van der Waals surface area contributed by atoms with Crippen molar-refractivity contribution in [3.63, 3.8) is 0 Å². The Morgan fingerprint density at radius 1 is 0.325 bits per heavy atom. The Balaban J connectivity index is 0.000000760. The molecule has 0 aliphatic carbocycles. The van der Waals surface area contributed by atoms with E-state index in [2.05, 4.69) is 84.3 Å². The van der Waals surface area contributed by atoms with Gasteiger partial charge < -0.3 is 57.2 Å². The summed E-state index contributed by atoms with van der Waals surface area (Å²) in [4.78, 5) is 20.7. The van der Waals surface area contributed by atoms with E-state index in [1.54, 1.807) is 36.4 Å². The first kappa shape index (κ1) is 109. The number of unbranched alkanes of at least 4 members (excludes halogenated alkanes) is 16. The van der Waals surface area contributed by atoms with E-state index in [4.69, 9.17) is 173 Å². The molecule has 0 aliphatic rings. The molecule has 0 atom stereocenters. The normalized spacial score (nSPS) is 10.4. The average molecular weight is 2060 g/mol. The Labute approximate surface area is 760 Å². The van der Waals surface area contributed by atoms with Gasteiger partial charge in [0.25, 0.3) is 0 Å². The highest BCUT2D eigenvalue weighted by molar-refractivity contribution is 9.28. The number of halogens is 16. The Hall–Kier alpha value is -3.20. The number of hydrogen-bond acceptors (Lipinski definition) is 16. The van der Waals surface area contributed by atoms with Crippen molar-refractivity contribution in [2.75, 3.05) is 79.3 Å². The third-order valence-corrected chi connectivity index (χ3v) is 19.3. The van der Waals surface area contributed by atoms with Gasteiger partial charge in [0.15, 0.2) is 34.6 Å². The number of hydrogen-bond donors (Lipinski definition) is 0. The average Bonchev–Trinajstić information content (AvgIpc) is 0.833. The molecule has 16 nitrogen and oxygen atoms in total. The minimum Gasteiger partial charge on any atom is -0.493 e. The van der Waals surface area contributed by atoms with E-state index in [0.29, 0.717) is 128 Å². The van der Waals surface area contributed by atoms with Crippen molar-refractivity contribution in [2.45, 2.75) is 224 Å². The Bertz CT molecular complexity index is 3430. The van der Waals surface area contributed by atoms with Crippen molar-refractivity contribution in [3.8, 4) is 46.0 Å². The highest BCUT2D eigenvalue weighted by atomic mass is 79.9. The summed E-state index contributed by atoms with van der Waals surface area (Å²) in [5.41, 5.74) is 6.56. The van der Waals surface area contributed by atoms with Crippen LogP contribution >= 0.6 is 180 Å². The van der Waals surface area contributed by atoms with Crippen molar-refractivity contribution in [1.82, 2.24) is 0 Å². The van der Waals surface area contributed by atoms with Gasteiger partial charge in [0.05, 0.1) is 66.1 Å². The van der Waals surface area contributed by atoms with Gasteiger partial charge in [-0.05, 0) is 270 Å². The van der Waals surface area contributed by atoms with Gasteiger partial charge in [0.1, 0.15) is 105 Å². The predicted molar refractivity (Wildman–Crippen MR) is 491 cm³/mol. The van der Waals surface area contributed by atoms with Crippen LogP contribution in [0.4, 0.5) is 8.78 Å². The summed E-state index contributed by atoms with van der Waals surface area (Å²) >= 11 is 72.8. The van der Waals surface area contributed by atoms with Crippen LogP contribution in [0.15, 0.2) is 85.0 Å². The first-order valence-corrected chi connectivity index (χ1v) is 44.9. The molecule has 4 aromatic carbocycles. The van der Waals surface area contributed by atoms with Crippen molar-refractivity contribution in [3.05, 3.63) is 128 Å². The Kier molecular flexibility index (Phi) is 64.4. The number of aryl methyl sites for hydroxylation is 2. The molecule has 4 rings (SSSR count). The SMILES string of the molecule is CC(C)=NOCCCCCCCOc1c(Cl)cc(OCC=C(Br)Br)c(Cl)c1Cl.CC(C)=NOCCCCCCCOc1c(Cl)cc(OCC=C(Cl)Cl)c(Cl)c1Cl.CCc1c(F)c(OCC=C(Br)Br)cc(C)c1OCCCCCCCON=C(C)C.CCc1c(F)c(OCC=C(Cl)Cl)cc(C)c1OCCCCCCCON=C(C)C. The third kappa shape index (κ3) is 51.4. The summed E-state index contributed by atoms with van der Waals surface area (Å²) in [6, 6.07) is 6.53. The molecule has 0 unspecified atom stereocenters. The molecular formula is C82H112Br4Cl10F2N4O12. The maximum Gasteiger partial charge on any atom is 0.171 e. The van der Waals surface area contributed by atoms with Crippen LogP contribution in [0.3, 0.4) is 0 Å². The van der Waals surface area contributed by atoms with Gasteiger partial charge in [0, 0.05) is 23.3 Å². The van der Waals surface area contributed by atoms with Crippen molar-refractivity contribution in [2.24, 2.45) is 20.6 Å². The minimum atomic E-state index is -0.392. The summed E-state index contributed by atoms with van der Waals surface area (Å²) < 4.78 is 76.6. The first-order valence-electron chi connectivity index (χ1n) is 38.0. The largest absolute Gasteiger partial charge is 0.493 e. The van der Waals surface area contributed by atoms with Crippen LogP contribution in [0.2, 0.25) is 30.1 Å². The first-order chi connectivity index (χ1) is 54.4. The molecule has 0 amide bonds. The summed E-state index contributed by atoms with van der Waals surface area (Å²) in [5.74, 6) is 2.46. The van der Waals surface area contributed by atoms with Crippen LogP contribution in [0.5, 0.6) is 46.0 Å². The number of ether oxygens (including phenoxy) is 8. The molecule has 0 bridgehead atoms. The van der Waals surface area contributed by atoms with Gasteiger partial charge in [-0.1, -0.05) is 202 Å². The van der Waals surface area contributed by atoms with Crippen LogP contribution in [0.1, 0.15) is 220 Å². The fourth-order valence-electron chi connectivity index (χ4n) is 9.83. The highest BCUT2D eigenvalue weighted by Gasteiger charge is 2.22. The molecule has 0 aliphatic heterocycles. The summed E-state index contributed by atoms with van der Waals surface area (Å²) in [7, 11) is 0. The number of rotatable bonds is 54. The molecule has 644 valence electrons. The molecule has 0 radical (unpaired) electrons. The van der Waals surface area contributed by atoms with Gasteiger partial charge in [-0.2, -0.15) is 0 Å². The Morgan fingerprint density at radius 2 is 0.561 bits per heavy atom. The van der Waals surface area contributed by atoms with E-state index in [1.807, 2.05) is 83.1 Å². The molecular weight excluding hydrogens is 1950 g/mol. The summed E-state index contributed by atoms with van der Waals surface area (Å²) in [6.45, 7) is 28.6. The van der Waals surface area contributed by atoms with Crippen molar-refractivity contribution in [1.29, 1.82) is 0 Å². The second kappa shape index (κ2) is 67.5. The number of nitrogens with zero attached hydrogens (tertiary/aromatic N) is 4. The van der Waals surface area contributed by atoms with Gasteiger partial charge in [0.2, 0.25) is 0 Å². The van der Waals surface area contributed by atoms with E-state index < -0.39 is 5.82 Å². The van der Waals surface area contributed by atoms with E-state index >= 15 is 0 Å². The van der Waals surface area contributed by atoms with E-state index in [1.165, 1.54) is 12.2 Å². The predicted octanol–water partition coefficient (Wildman–Crippen LogP) is 31.1. The fraction of sp³-hybridized carbons (Fsp3) is 0.561. The van der Waals surface area contributed by atoms with Crippen LogP contribution in [-0.2, 0) is 32.2 Å².